The normalized spacial score (nSPS) is 10.9. The standard InChI is InChI=1S/C74H73N3O8/c78-71(79)42-21-5-1-2-6-22-43-73(81)84-69-40-26-37-66(55-69)76(61-32-17-11-18-33-61)63-50-46-57(47-51-63)58-48-52-64(53-49-58)77(62-34-19-12-20-35-62)67-38-27-41-70(56-67)85-74(82)45-24-8-4-3-7-23-44-72(80)83-68-39-25-36-65(54-68)75(59-28-13-9-14-29-59)60-30-15-10-16-31-60/h9-20,25-41,46-56H,1-8,21-24,42-45H2,(H,78,79). The first-order valence-corrected chi connectivity index (χ1v) is 29.7. The van der Waals surface area contributed by atoms with E-state index < -0.39 is 5.97 Å². The average molecular weight is 1130 g/mol. The van der Waals surface area contributed by atoms with Gasteiger partial charge in [-0.25, -0.2) is 0 Å². The summed E-state index contributed by atoms with van der Waals surface area (Å²) < 4.78 is 17.5. The molecule has 432 valence electrons. The summed E-state index contributed by atoms with van der Waals surface area (Å²) in [6.07, 6.45) is 11.4. The predicted octanol–water partition coefficient (Wildman–Crippen LogP) is 19.5. The van der Waals surface area contributed by atoms with Crippen LogP contribution in [0.5, 0.6) is 17.2 Å². The number of anilines is 9. The van der Waals surface area contributed by atoms with E-state index in [4.69, 9.17) is 19.3 Å². The molecule has 0 atom stereocenters. The number of para-hydroxylation sites is 4. The first-order valence-electron chi connectivity index (χ1n) is 29.7. The summed E-state index contributed by atoms with van der Waals surface area (Å²) in [5.41, 5.74) is 10.5. The topological polar surface area (TPSA) is 126 Å². The SMILES string of the molecule is O=C(O)CCCCCCCCC(=O)Oc1cccc(N(c2ccccc2)c2ccc(-c3ccc(N(c4ccccc4)c4cccc(OC(=O)CCCCCCCCC(=O)Oc5cccc(N(c6ccccc6)c6ccccc6)c5)c4)cc3)cc2)c1. The first-order chi connectivity index (χ1) is 41.7. The highest BCUT2D eigenvalue weighted by atomic mass is 16.5. The molecule has 1 N–H and O–H groups in total. The second kappa shape index (κ2) is 31.6. The lowest BCUT2D eigenvalue weighted by molar-refractivity contribution is -0.137. The Hall–Kier alpha value is -9.74. The number of benzene rings is 9. The van der Waals surface area contributed by atoms with E-state index in [1.165, 1.54) is 0 Å². The van der Waals surface area contributed by atoms with Gasteiger partial charge in [0.25, 0.3) is 0 Å². The second-order valence-corrected chi connectivity index (χ2v) is 21.0. The molecule has 0 aliphatic carbocycles. The third kappa shape index (κ3) is 18.1. The maximum absolute atomic E-state index is 13.2. The number of hydrogen-bond donors (Lipinski definition) is 1. The van der Waals surface area contributed by atoms with Crippen LogP contribution in [0.3, 0.4) is 0 Å². The second-order valence-electron chi connectivity index (χ2n) is 21.0. The molecule has 85 heavy (non-hydrogen) atoms. The van der Waals surface area contributed by atoms with E-state index in [9.17, 15) is 19.2 Å². The van der Waals surface area contributed by atoms with Crippen LogP contribution in [0.1, 0.15) is 103 Å². The molecule has 0 aromatic heterocycles. The molecule has 11 heteroatoms. The Bertz CT molecular complexity index is 3490. The number of rotatable bonds is 31. The zero-order valence-corrected chi connectivity index (χ0v) is 48.1. The molecule has 0 aliphatic heterocycles. The maximum atomic E-state index is 13.2. The van der Waals surface area contributed by atoms with Gasteiger partial charge < -0.3 is 34.0 Å². The Kier molecular flexibility index (Phi) is 22.3. The summed E-state index contributed by atoms with van der Waals surface area (Å²) in [6, 6.07) is 80.1. The summed E-state index contributed by atoms with van der Waals surface area (Å²) in [5.74, 6) is -0.0905. The number of aliphatic carboxylic acids is 1. The zero-order valence-electron chi connectivity index (χ0n) is 48.1. The molecule has 0 aliphatic rings. The van der Waals surface area contributed by atoms with Gasteiger partial charge in [0.2, 0.25) is 0 Å². The predicted molar refractivity (Wildman–Crippen MR) is 341 cm³/mol. The fraction of sp³-hybridized carbons (Fsp3) is 0.216. The van der Waals surface area contributed by atoms with E-state index in [0.29, 0.717) is 49.4 Å². The van der Waals surface area contributed by atoms with Crippen LogP contribution in [0.4, 0.5) is 51.2 Å². The number of hydrogen-bond acceptors (Lipinski definition) is 10. The van der Waals surface area contributed by atoms with Crippen LogP contribution < -0.4 is 28.9 Å². The van der Waals surface area contributed by atoms with Gasteiger partial charge in [0.1, 0.15) is 17.2 Å². The third-order valence-electron chi connectivity index (χ3n) is 14.6. The van der Waals surface area contributed by atoms with Crippen LogP contribution in [0.2, 0.25) is 0 Å². The van der Waals surface area contributed by atoms with Crippen molar-refractivity contribution in [3.05, 3.63) is 243 Å². The molecule has 9 aromatic rings. The van der Waals surface area contributed by atoms with Crippen molar-refractivity contribution in [1.82, 2.24) is 0 Å². The molecule has 0 fully saturated rings. The molecular weight excluding hydrogens is 1060 g/mol. The number of carboxylic acid groups (broad SMARTS) is 1. The number of ether oxygens (including phenoxy) is 3. The molecule has 9 aromatic carbocycles. The number of carbonyl (C=O) groups excluding carboxylic acids is 3. The number of carboxylic acids is 1. The summed E-state index contributed by atoms with van der Waals surface area (Å²) in [5, 5.41) is 8.85. The van der Waals surface area contributed by atoms with Gasteiger partial charge in [-0.1, -0.05) is 167 Å². The van der Waals surface area contributed by atoms with Gasteiger partial charge in [-0.3, -0.25) is 19.2 Å². The smallest absolute Gasteiger partial charge is 0.311 e. The third-order valence-corrected chi connectivity index (χ3v) is 14.6. The van der Waals surface area contributed by atoms with Gasteiger partial charge in [0, 0.05) is 95.1 Å². The van der Waals surface area contributed by atoms with Crippen LogP contribution in [0, 0.1) is 0 Å². The van der Waals surface area contributed by atoms with Crippen molar-refractivity contribution in [2.75, 3.05) is 14.7 Å². The average Bonchev–Trinajstić information content (AvgIpc) is 3.35. The van der Waals surface area contributed by atoms with Crippen molar-refractivity contribution in [1.29, 1.82) is 0 Å². The molecule has 0 unspecified atom stereocenters. The summed E-state index contributed by atoms with van der Waals surface area (Å²) >= 11 is 0. The fourth-order valence-corrected chi connectivity index (χ4v) is 10.4. The monoisotopic (exact) mass is 1130 g/mol. The molecule has 0 bridgehead atoms. The van der Waals surface area contributed by atoms with E-state index in [0.717, 1.165) is 127 Å². The van der Waals surface area contributed by atoms with Crippen molar-refractivity contribution in [2.45, 2.75) is 103 Å². The van der Waals surface area contributed by atoms with E-state index in [-0.39, 0.29) is 24.3 Å². The van der Waals surface area contributed by atoms with E-state index in [2.05, 4.69) is 112 Å². The number of carbonyl (C=O) groups is 4. The minimum Gasteiger partial charge on any atom is -0.481 e. The molecule has 0 heterocycles. The maximum Gasteiger partial charge on any atom is 0.311 e. The van der Waals surface area contributed by atoms with Gasteiger partial charge in [0.15, 0.2) is 0 Å². The zero-order chi connectivity index (χ0) is 58.8. The highest BCUT2D eigenvalue weighted by molar-refractivity contribution is 5.83. The Labute approximate surface area is 499 Å². The number of nitrogens with zero attached hydrogens (tertiary/aromatic N) is 3. The van der Waals surface area contributed by atoms with Gasteiger partial charge >= 0.3 is 23.9 Å². The fourth-order valence-electron chi connectivity index (χ4n) is 10.4. The van der Waals surface area contributed by atoms with Gasteiger partial charge in [-0.15, -0.1) is 0 Å². The Morgan fingerprint density at radius 3 is 0.765 bits per heavy atom. The van der Waals surface area contributed by atoms with Crippen molar-refractivity contribution >= 4 is 75.1 Å². The Morgan fingerprint density at radius 2 is 0.494 bits per heavy atom. The van der Waals surface area contributed by atoms with Crippen LogP contribution >= 0.6 is 0 Å². The molecule has 0 radical (unpaired) electrons. The minimum atomic E-state index is -0.759. The number of esters is 3. The van der Waals surface area contributed by atoms with Gasteiger partial charge in [-0.2, -0.15) is 0 Å². The highest BCUT2D eigenvalue weighted by Gasteiger charge is 2.19. The van der Waals surface area contributed by atoms with E-state index >= 15 is 0 Å². The van der Waals surface area contributed by atoms with Gasteiger partial charge in [0.05, 0.1) is 0 Å². The largest absolute Gasteiger partial charge is 0.481 e. The summed E-state index contributed by atoms with van der Waals surface area (Å²) in [7, 11) is 0. The van der Waals surface area contributed by atoms with Gasteiger partial charge in [-0.05, 0) is 146 Å². The Balaban J connectivity index is 0.747. The quantitative estimate of drug-likeness (QED) is 0.0254. The van der Waals surface area contributed by atoms with Crippen molar-refractivity contribution in [3.8, 4) is 28.4 Å². The van der Waals surface area contributed by atoms with Crippen molar-refractivity contribution in [3.63, 3.8) is 0 Å². The Morgan fingerprint density at radius 1 is 0.259 bits per heavy atom. The molecule has 0 amide bonds. The molecule has 9 rings (SSSR count). The lowest BCUT2D eigenvalue weighted by atomic mass is 10.0. The molecule has 0 spiro atoms. The van der Waals surface area contributed by atoms with Crippen molar-refractivity contribution in [2.24, 2.45) is 0 Å². The highest BCUT2D eigenvalue weighted by Crippen LogP contribution is 2.40. The molecule has 11 nitrogen and oxygen atoms in total. The molecular formula is C74H73N3O8. The lowest BCUT2D eigenvalue weighted by Gasteiger charge is -2.26. The minimum absolute atomic E-state index is 0.201. The van der Waals surface area contributed by atoms with Crippen LogP contribution in [-0.4, -0.2) is 29.0 Å². The number of unbranched alkanes of at least 4 members (excludes halogenated alkanes) is 10. The van der Waals surface area contributed by atoms with E-state index in [1.54, 1.807) is 6.07 Å². The summed E-state index contributed by atoms with van der Waals surface area (Å²) in [4.78, 5) is 56.2. The molecule has 0 saturated heterocycles. The summed E-state index contributed by atoms with van der Waals surface area (Å²) in [6.45, 7) is 0. The van der Waals surface area contributed by atoms with Crippen molar-refractivity contribution < 1.29 is 38.5 Å². The lowest BCUT2D eigenvalue weighted by Crippen LogP contribution is -2.11. The van der Waals surface area contributed by atoms with E-state index in [1.807, 2.05) is 140 Å². The first kappa shape index (κ1) is 59.9. The molecule has 0 saturated carbocycles. The van der Waals surface area contributed by atoms with Crippen LogP contribution in [-0.2, 0) is 19.2 Å². The van der Waals surface area contributed by atoms with Crippen LogP contribution in [0.25, 0.3) is 11.1 Å². The van der Waals surface area contributed by atoms with Crippen LogP contribution in [0.15, 0.2) is 243 Å².